The molecular formula is C10H19N3O. The monoisotopic (exact) mass is 197 g/mol. The van der Waals surface area contributed by atoms with Crippen LogP contribution < -0.4 is 16.4 Å². The number of nitrogens with two attached hydrogens (primary N) is 1. The molecule has 80 valence electrons. The number of nitrogens with one attached hydrogen (secondary N) is 2. The van der Waals surface area contributed by atoms with E-state index >= 15 is 0 Å². The van der Waals surface area contributed by atoms with Gasteiger partial charge in [-0.2, -0.15) is 0 Å². The zero-order chi connectivity index (χ0) is 11.1. The van der Waals surface area contributed by atoms with Crippen molar-refractivity contribution >= 4 is 6.03 Å². The van der Waals surface area contributed by atoms with Crippen LogP contribution in [0.15, 0.2) is 23.5 Å². The van der Waals surface area contributed by atoms with Crippen molar-refractivity contribution in [2.45, 2.75) is 33.7 Å². The summed E-state index contributed by atoms with van der Waals surface area (Å²) in [6, 6.07) is -0.0635. The second kappa shape index (κ2) is 6.07. The summed E-state index contributed by atoms with van der Waals surface area (Å²) in [5.74, 6) is 0. The highest BCUT2D eigenvalue weighted by molar-refractivity contribution is 5.75. The zero-order valence-electron chi connectivity index (χ0n) is 9.22. The summed E-state index contributed by atoms with van der Waals surface area (Å²) in [5.41, 5.74) is 6.90. The number of urea groups is 1. The van der Waals surface area contributed by atoms with Gasteiger partial charge in [-0.05, 0) is 39.8 Å². The highest BCUT2D eigenvalue weighted by atomic mass is 16.2. The second-order valence-corrected chi connectivity index (χ2v) is 3.51. The lowest BCUT2D eigenvalue weighted by molar-refractivity contribution is 0.241. The quantitative estimate of drug-likeness (QED) is 0.600. The van der Waals surface area contributed by atoms with E-state index in [0.29, 0.717) is 5.70 Å². The Morgan fingerprint density at radius 3 is 2.29 bits per heavy atom. The highest BCUT2D eigenvalue weighted by Gasteiger charge is 2.00. The Hall–Kier alpha value is -1.45. The number of hydrogen-bond acceptors (Lipinski definition) is 2. The Morgan fingerprint density at radius 1 is 1.29 bits per heavy atom. The van der Waals surface area contributed by atoms with Gasteiger partial charge in [0.05, 0.1) is 0 Å². The molecule has 0 radical (unpaired) electrons. The van der Waals surface area contributed by atoms with Gasteiger partial charge in [-0.1, -0.05) is 0 Å². The number of rotatable bonds is 3. The van der Waals surface area contributed by atoms with Crippen LogP contribution in [-0.2, 0) is 0 Å². The summed E-state index contributed by atoms with van der Waals surface area (Å²) in [4.78, 5) is 11.2. The van der Waals surface area contributed by atoms with E-state index in [1.807, 2.05) is 13.8 Å². The lowest BCUT2D eigenvalue weighted by Gasteiger charge is -2.09. The standard InChI is InChI=1S/C10H19N3O/c1-7(2)12-10(14)13-9(4)6-5-8(3)11/h5-7H,11H2,1-4H3,(H2,12,13,14)/b8-5+,9-6+. The van der Waals surface area contributed by atoms with Crippen LogP contribution in [0, 0.1) is 0 Å². The van der Waals surface area contributed by atoms with Crippen LogP contribution >= 0.6 is 0 Å². The second-order valence-electron chi connectivity index (χ2n) is 3.51. The van der Waals surface area contributed by atoms with Crippen LogP contribution in [-0.4, -0.2) is 12.1 Å². The van der Waals surface area contributed by atoms with Gasteiger partial charge >= 0.3 is 6.03 Å². The van der Waals surface area contributed by atoms with Crippen LogP contribution in [0.1, 0.15) is 27.7 Å². The Balaban J connectivity index is 4.06. The number of amides is 2. The first-order chi connectivity index (χ1) is 6.41. The molecule has 0 aromatic heterocycles. The van der Waals surface area contributed by atoms with Gasteiger partial charge in [0, 0.05) is 17.4 Å². The summed E-state index contributed by atoms with van der Waals surface area (Å²) < 4.78 is 0. The summed E-state index contributed by atoms with van der Waals surface area (Å²) in [6.45, 7) is 7.41. The van der Waals surface area contributed by atoms with Gasteiger partial charge in [0.25, 0.3) is 0 Å². The van der Waals surface area contributed by atoms with E-state index in [1.165, 1.54) is 0 Å². The first-order valence-electron chi connectivity index (χ1n) is 4.60. The van der Waals surface area contributed by atoms with Crippen molar-refractivity contribution in [3.05, 3.63) is 23.5 Å². The normalized spacial score (nSPS) is 12.9. The Morgan fingerprint density at radius 2 is 1.86 bits per heavy atom. The Labute approximate surface area is 85.2 Å². The fraction of sp³-hybridized carbons (Fsp3) is 0.500. The van der Waals surface area contributed by atoms with Crippen molar-refractivity contribution in [2.75, 3.05) is 0 Å². The molecule has 0 saturated heterocycles. The van der Waals surface area contributed by atoms with Crippen LogP contribution in [0.5, 0.6) is 0 Å². The molecule has 0 aliphatic carbocycles. The van der Waals surface area contributed by atoms with Gasteiger partial charge < -0.3 is 16.4 Å². The minimum atomic E-state index is -0.197. The van der Waals surface area contributed by atoms with Crippen molar-refractivity contribution in [1.82, 2.24) is 10.6 Å². The number of carbonyl (C=O) groups is 1. The van der Waals surface area contributed by atoms with Crippen LogP contribution in [0.2, 0.25) is 0 Å². The number of carbonyl (C=O) groups excluding carboxylic acids is 1. The van der Waals surface area contributed by atoms with Gasteiger partial charge in [0.15, 0.2) is 0 Å². The highest BCUT2D eigenvalue weighted by Crippen LogP contribution is 1.90. The van der Waals surface area contributed by atoms with E-state index in [-0.39, 0.29) is 12.1 Å². The van der Waals surface area contributed by atoms with E-state index in [0.717, 1.165) is 5.70 Å². The first-order valence-corrected chi connectivity index (χ1v) is 4.60. The van der Waals surface area contributed by atoms with Crippen LogP contribution in [0.25, 0.3) is 0 Å². The third kappa shape index (κ3) is 7.21. The maximum atomic E-state index is 11.2. The molecule has 0 rings (SSSR count). The summed E-state index contributed by atoms with van der Waals surface area (Å²) in [6.07, 6.45) is 3.50. The average Bonchev–Trinajstić information content (AvgIpc) is 1.98. The van der Waals surface area contributed by atoms with E-state index in [9.17, 15) is 4.79 Å². The molecule has 0 aliphatic rings. The van der Waals surface area contributed by atoms with E-state index in [4.69, 9.17) is 5.73 Å². The van der Waals surface area contributed by atoms with Crippen LogP contribution in [0.3, 0.4) is 0 Å². The lowest BCUT2D eigenvalue weighted by Crippen LogP contribution is -2.38. The molecule has 4 heteroatoms. The van der Waals surface area contributed by atoms with E-state index in [2.05, 4.69) is 10.6 Å². The summed E-state index contributed by atoms with van der Waals surface area (Å²) >= 11 is 0. The molecule has 0 aromatic rings. The third-order valence-corrected chi connectivity index (χ3v) is 1.33. The molecular weight excluding hydrogens is 178 g/mol. The topological polar surface area (TPSA) is 67.1 Å². The SMILES string of the molecule is C/C(N)=C\C=C(/C)NC(=O)NC(C)C. The van der Waals surface area contributed by atoms with Gasteiger partial charge in [0.1, 0.15) is 0 Å². The Kier molecular flexibility index (Phi) is 5.44. The van der Waals surface area contributed by atoms with Gasteiger partial charge in [-0.3, -0.25) is 0 Å². The number of allylic oxidation sites excluding steroid dienone is 4. The van der Waals surface area contributed by atoms with Crippen molar-refractivity contribution in [1.29, 1.82) is 0 Å². The minimum Gasteiger partial charge on any atom is -0.402 e. The lowest BCUT2D eigenvalue weighted by atomic mass is 10.3. The maximum Gasteiger partial charge on any atom is 0.319 e. The average molecular weight is 197 g/mol. The summed E-state index contributed by atoms with van der Waals surface area (Å²) in [5, 5.41) is 5.40. The van der Waals surface area contributed by atoms with Crippen molar-refractivity contribution in [3.63, 3.8) is 0 Å². The van der Waals surface area contributed by atoms with E-state index in [1.54, 1.807) is 26.0 Å². The van der Waals surface area contributed by atoms with Crippen LogP contribution in [0.4, 0.5) is 4.79 Å². The fourth-order valence-electron chi connectivity index (χ4n) is 0.775. The van der Waals surface area contributed by atoms with Crippen molar-refractivity contribution < 1.29 is 4.79 Å². The van der Waals surface area contributed by atoms with Gasteiger partial charge in [-0.25, -0.2) is 4.79 Å². The fourth-order valence-corrected chi connectivity index (χ4v) is 0.775. The number of hydrogen-bond donors (Lipinski definition) is 3. The van der Waals surface area contributed by atoms with Gasteiger partial charge in [-0.15, -0.1) is 0 Å². The molecule has 0 unspecified atom stereocenters. The van der Waals surface area contributed by atoms with Crippen molar-refractivity contribution in [2.24, 2.45) is 5.73 Å². The third-order valence-electron chi connectivity index (χ3n) is 1.33. The summed E-state index contributed by atoms with van der Waals surface area (Å²) in [7, 11) is 0. The molecule has 0 saturated carbocycles. The molecule has 0 spiro atoms. The molecule has 0 bridgehead atoms. The van der Waals surface area contributed by atoms with Crippen molar-refractivity contribution in [3.8, 4) is 0 Å². The maximum absolute atomic E-state index is 11.2. The first kappa shape index (κ1) is 12.6. The molecule has 0 heterocycles. The molecule has 0 atom stereocenters. The molecule has 4 N–H and O–H groups in total. The smallest absolute Gasteiger partial charge is 0.319 e. The molecule has 0 aliphatic heterocycles. The Bertz CT molecular complexity index is 250. The molecule has 4 nitrogen and oxygen atoms in total. The molecule has 0 fully saturated rings. The van der Waals surface area contributed by atoms with Gasteiger partial charge in [0.2, 0.25) is 0 Å². The molecule has 2 amide bonds. The molecule has 14 heavy (non-hydrogen) atoms. The predicted molar refractivity (Wildman–Crippen MR) is 58.5 cm³/mol. The predicted octanol–water partition coefficient (Wildman–Crippen LogP) is 1.46. The zero-order valence-corrected chi connectivity index (χ0v) is 9.22. The van der Waals surface area contributed by atoms with E-state index < -0.39 is 0 Å². The molecule has 0 aromatic carbocycles. The largest absolute Gasteiger partial charge is 0.402 e. The minimum absolute atomic E-state index is 0.134.